The SMILES string of the molecule is CN1CC(F)CNC1C(C(=O)Nc1cncc(F)c1N1CCC(C(=O)N2CC(F)C2)CC1)C(N)N=O. The van der Waals surface area contributed by atoms with Crippen molar-refractivity contribution in [3.05, 3.63) is 23.1 Å². The van der Waals surface area contributed by atoms with E-state index in [2.05, 4.69) is 20.8 Å². The predicted octanol–water partition coefficient (Wildman–Crippen LogP) is 0.423. The Morgan fingerprint density at radius 3 is 2.50 bits per heavy atom. The maximum Gasteiger partial charge on any atom is 0.234 e. The van der Waals surface area contributed by atoms with Crippen LogP contribution in [0.5, 0.6) is 0 Å². The summed E-state index contributed by atoms with van der Waals surface area (Å²) >= 11 is 0. The molecule has 3 fully saturated rings. The highest BCUT2D eigenvalue weighted by Crippen LogP contribution is 2.33. The molecule has 11 nitrogen and oxygen atoms in total. The molecular weight excluding hydrogens is 481 g/mol. The number of hydrogen-bond acceptors (Lipinski definition) is 9. The lowest BCUT2D eigenvalue weighted by molar-refractivity contribution is -0.143. The highest BCUT2D eigenvalue weighted by Gasteiger charge is 2.41. The van der Waals surface area contributed by atoms with Crippen molar-refractivity contribution in [1.82, 2.24) is 20.1 Å². The molecule has 3 aliphatic rings. The van der Waals surface area contributed by atoms with Crippen LogP contribution >= 0.6 is 0 Å². The first-order valence-corrected chi connectivity index (χ1v) is 12.0. The fraction of sp³-hybridized carbons (Fsp3) is 0.682. The van der Waals surface area contributed by atoms with E-state index in [4.69, 9.17) is 5.73 Å². The van der Waals surface area contributed by atoms with Crippen LogP contribution in [0.4, 0.5) is 24.5 Å². The number of alkyl halides is 2. The van der Waals surface area contributed by atoms with Crippen molar-refractivity contribution in [2.75, 3.05) is 56.5 Å². The summed E-state index contributed by atoms with van der Waals surface area (Å²) < 4.78 is 41.8. The van der Waals surface area contributed by atoms with Gasteiger partial charge in [-0.3, -0.25) is 24.8 Å². The number of likely N-dealkylation sites (tertiary alicyclic amines) is 1. The van der Waals surface area contributed by atoms with E-state index in [0.29, 0.717) is 25.9 Å². The minimum absolute atomic E-state index is 0.0196. The van der Waals surface area contributed by atoms with Crippen LogP contribution in [0.3, 0.4) is 0 Å². The topological polar surface area (TPSA) is 136 Å². The number of nitrogens with one attached hydrogen (secondary N) is 2. The third kappa shape index (κ3) is 5.44. The number of carbonyl (C=O) groups is 2. The maximum absolute atomic E-state index is 14.9. The normalized spacial score (nSPS) is 25.7. The molecule has 0 radical (unpaired) electrons. The van der Waals surface area contributed by atoms with Crippen LogP contribution < -0.4 is 21.3 Å². The first kappa shape index (κ1) is 26.2. The minimum atomic E-state index is -1.43. The van der Waals surface area contributed by atoms with Gasteiger partial charge in [-0.1, -0.05) is 5.18 Å². The van der Waals surface area contributed by atoms with Gasteiger partial charge in [-0.25, -0.2) is 13.2 Å². The average Bonchev–Trinajstić information content (AvgIpc) is 2.83. The molecule has 0 spiro atoms. The van der Waals surface area contributed by atoms with Gasteiger partial charge in [0, 0.05) is 32.1 Å². The molecule has 0 bridgehead atoms. The zero-order valence-electron chi connectivity index (χ0n) is 19.9. The monoisotopic (exact) mass is 512 g/mol. The van der Waals surface area contributed by atoms with Gasteiger partial charge in [0.15, 0.2) is 12.0 Å². The molecule has 14 heteroatoms. The predicted molar refractivity (Wildman–Crippen MR) is 126 cm³/mol. The lowest BCUT2D eigenvalue weighted by Crippen LogP contribution is -2.62. The molecule has 1 aromatic rings. The lowest BCUT2D eigenvalue weighted by atomic mass is 9.93. The van der Waals surface area contributed by atoms with Gasteiger partial charge >= 0.3 is 0 Å². The second kappa shape index (κ2) is 11.0. The molecule has 0 aromatic carbocycles. The van der Waals surface area contributed by atoms with Gasteiger partial charge in [-0.2, -0.15) is 0 Å². The quantitative estimate of drug-likeness (QED) is 0.448. The van der Waals surface area contributed by atoms with Gasteiger partial charge in [0.2, 0.25) is 11.8 Å². The third-order valence-electron chi connectivity index (χ3n) is 7.08. The molecule has 0 aliphatic carbocycles. The van der Waals surface area contributed by atoms with Crippen molar-refractivity contribution in [3.63, 3.8) is 0 Å². The molecule has 36 heavy (non-hydrogen) atoms. The molecule has 4 unspecified atom stereocenters. The Morgan fingerprint density at radius 1 is 1.19 bits per heavy atom. The number of nitroso groups, excluding NO2 is 1. The number of aromatic nitrogens is 1. The van der Waals surface area contributed by atoms with Crippen LogP contribution in [0.2, 0.25) is 0 Å². The van der Waals surface area contributed by atoms with Gasteiger partial charge in [0.1, 0.15) is 23.9 Å². The van der Waals surface area contributed by atoms with Crippen LogP contribution in [-0.4, -0.2) is 97.6 Å². The van der Waals surface area contributed by atoms with Crippen molar-refractivity contribution in [2.45, 2.75) is 37.5 Å². The molecule has 4 rings (SSSR count). The van der Waals surface area contributed by atoms with Crippen molar-refractivity contribution in [1.29, 1.82) is 0 Å². The molecule has 198 valence electrons. The van der Waals surface area contributed by atoms with E-state index in [-0.39, 0.29) is 49.4 Å². The Labute approximate surface area is 206 Å². The summed E-state index contributed by atoms with van der Waals surface area (Å²) in [6.45, 7) is 0.937. The third-order valence-corrected chi connectivity index (χ3v) is 7.08. The molecule has 3 saturated heterocycles. The number of anilines is 2. The van der Waals surface area contributed by atoms with Crippen molar-refractivity contribution >= 4 is 23.2 Å². The van der Waals surface area contributed by atoms with E-state index >= 15 is 0 Å². The van der Waals surface area contributed by atoms with Gasteiger partial charge in [0.25, 0.3) is 0 Å². The second-order valence-corrected chi connectivity index (χ2v) is 9.62. The van der Waals surface area contributed by atoms with Crippen LogP contribution in [0.25, 0.3) is 0 Å². The van der Waals surface area contributed by atoms with E-state index in [1.54, 1.807) is 16.8 Å². The summed E-state index contributed by atoms with van der Waals surface area (Å²) in [5, 5.41) is 8.32. The van der Waals surface area contributed by atoms with Crippen LogP contribution in [-0.2, 0) is 9.59 Å². The number of rotatable bonds is 7. The smallest absolute Gasteiger partial charge is 0.234 e. The first-order chi connectivity index (χ1) is 17.2. The Bertz CT molecular complexity index is 974. The second-order valence-electron chi connectivity index (χ2n) is 9.62. The lowest BCUT2D eigenvalue weighted by Gasteiger charge is -2.40. The minimum Gasteiger partial charge on any atom is -0.367 e. The molecule has 1 aromatic heterocycles. The molecule has 3 aliphatic heterocycles. The molecule has 2 amide bonds. The maximum atomic E-state index is 14.9. The molecule has 4 atom stereocenters. The fourth-order valence-corrected chi connectivity index (χ4v) is 5.12. The number of nitrogens with two attached hydrogens (primary N) is 1. The van der Waals surface area contributed by atoms with E-state index in [1.807, 2.05) is 0 Å². The van der Waals surface area contributed by atoms with Crippen LogP contribution in [0.1, 0.15) is 12.8 Å². The molecule has 4 N–H and O–H groups in total. The largest absolute Gasteiger partial charge is 0.367 e. The van der Waals surface area contributed by atoms with Gasteiger partial charge < -0.3 is 20.9 Å². The number of pyridine rings is 1. The van der Waals surface area contributed by atoms with Crippen molar-refractivity contribution < 1.29 is 22.8 Å². The van der Waals surface area contributed by atoms with E-state index in [0.717, 1.165) is 6.20 Å². The highest BCUT2D eigenvalue weighted by atomic mass is 19.1. The van der Waals surface area contributed by atoms with Gasteiger partial charge in [-0.05, 0) is 19.9 Å². The number of halogens is 3. The summed E-state index contributed by atoms with van der Waals surface area (Å²) in [7, 11) is 1.59. The molecule has 0 saturated carbocycles. The Balaban J connectivity index is 1.47. The van der Waals surface area contributed by atoms with E-state index < -0.39 is 42.3 Å². The van der Waals surface area contributed by atoms with Gasteiger partial charge in [-0.15, -0.1) is 4.91 Å². The zero-order chi connectivity index (χ0) is 26.0. The van der Waals surface area contributed by atoms with Crippen molar-refractivity contribution in [3.8, 4) is 0 Å². The van der Waals surface area contributed by atoms with Gasteiger partial charge in [0.05, 0.1) is 37.3 Å². The molecule has 4 heterocycles. The number of hydrogen-bond donors (Lipinski definition) is 3. The van der Waals surface area contributed by atoms with E-state index in [9.17, 15) is 27.7 Å². The summed E-state index contributed by atoms with van der Waals surface area (Å²) in [5.74, 6) is -2.91. The Kier molecular flexibility index (Phi) is 8.05. The van der Waals surface area contributed by atoms with E-state index in [1.165, 1.54) is 11.1 Å². The van der Waals surface area contributed by atoms with Crippen LogP contribution in [0, 0.1) is 22.6 Å². The summed E-state index contributed by atoms with van der Waals surface area (Å²) in [4.78, 5) is 45.7. The number of piperidine rings is 1. The summed E-state index contributed by atoms with van der Waals surface area (Å²) in [6, 6.07) is 0. The summed E-state index contributed by atoms with van der Waals surface area (Å²) in [5.41, 5.74) is 6.03. The average molecular weight is 513 g/mol. The summed E-state index contributed by atoms with van der Waals surface area (Å²) in [6.07, 6.45) is -1.10. The fourth-order valence-electron chi connectivity index (χ4n) is 5.12. The Morgan fingerprint density at radius 2 is 1.89 bits per heavy atom. The molecular formula is C22H31F3N8O3. The number of nitrogens with zero attached hydrogens (tertiary/aromatic N) is 5. The number of amides is 2. The number of carbonyl (C=O) groups excluding carboxylic acids is 2. The van der Waals surface area contributed by atoms with Crippen molar-refractivity contribution in [2.24, 2.45) is 22.7 Å². The highest BCUT2D eigenvalue weighted by molar-refractivity contribution is 5.96. The Hall–Kier alpha value is -2.84. The standard InChI is InChI=1S/C22H31F3N8O3/c1-31-9-13(23)6-28-20(31)17(19(26)30-36)21(34)29-16-8-27-7-15(25)18(16)32-4-2-12(3-5-32)22(35)33-10-14(24)11-33/h7-8,12-14,17,19-20,28H,2-6,9-11,26H2,1H3,(H,29,34). The van der Waals surface area contributed by atoms with Crippen LogP contribution in [0.15, 0.2) is 17.6 Å². The zero-order valence-corrected chi connectivity index (χ0v) is 19.9. The first-order valence-electron chi connectivity index (χ1n) is 12.0.